The number of nitrogens with zero attached hydrogens (tertiary/aromatic N) is 1. The summed E-state index contributed by atoms with van der Waals surface area (Å²) in [5, 5.41) is 5.76. The van der Waals surface area contributed by atoms with Gasteiger partial charge in [0.05, 0.1) is 0 Å². The zero-order chi connectivity index (χ0) is 17.5. The summed E-state index contributed by atoms with van der Waals surface area (Å²) in [7, 11) is 3.92. The Kier molecular flexibility index (Phi) is 7.55. The molecule has 6 nitrogen and oxygen atoms in total. The molecule has 0 heterocycles. The second kappa shape index (κ2) is 8.91. The standard InChI is InChI=1S/C17H31N3O3/c1-17(2,3)23-16(22)19-14-11-13(12-14)8-9-18-15(21)7-6-10-20(4)5/h6-7,13-14H,8-12H2,1-5H3,(H,18,21)(H,19,22)/b7-6+. The van der Waals surface area contributed by atoms with Crippen molar-refractivity contribution in [1.82, 2.24) is 15.5 Å². The average molecular weight is 325 g/mol. The molecule has 0 aromatic rings. The van der Waals surface area contributed by atoms with E-state index in [9.17, 15) is 9.59 Å². The molecule has 0 bridgehead atoms. The number of carbonyl (C=O) groups is 2. The predicted octanol–water partition coefficient (Wildman–Crippen LogP) is 1.91. The Morgan fingerprint density at radius 1 is 1.26 bits per heavy atom. The molecule has 1 aliphatic carbocycles. The van der Waals surface area contributed by atoms with Crippen LogP contribution in [-0.4, -0.2) is 55.7 Å². The minimum Gasteiger partial charge on any atom is -0.444 e. The van der Waals surface area contributed by atoms with E-state index in [-0.39, 0.29) is 18.0 Å². The van der Waals surface area contributed by atoms with E-state index < -0.39 is 5.60 Å². The summed E-state index contributed by atoms with van der Waals surface area (Å²) >= 11 is 0. The summed E-state index contributed by atoms with van der Waals surface area (Å²) in [4.78, 5) is 25.2. The number of alkyl carbamates (subject to hydrolysis) is 1. The van der Waals surface area contributed by atoms with Crippen LogP contribution in [0, 0.1) is 5.92 Å². The first-order chi connectivity index (χ1) is 10.7. The molecule has 0 radical (unpaired) electrons. The van der Waals surface area contributed by atoms with Crippen molar-refractivity contribution in [3.05, 3.63) is 12.2 Å². The summed E-state index contributed by atoms with van der Waals surface area (Å²) in [6.07, 6.45) is 5.92. The van der Waals surface area contributed by atoms with Gasteiger partial charge in [0.1, 0.15) is 5.60 Å². The fourth-order valence-corrected chi connectivity index (χ4v) is 2.39. The van der Waals surface area contributed by atoms with Crippen molar-refractivity contribution in [2.24, 2.45) is 5.92 Å². The zero-order valence-corrected chi connectivity index (χ0v) is 15.0. The van der Waals surface area contributed by atoms with E-state index in [1.165, 1.54) is 0 Å². The van der Waals surface area contributed by atoms with E-state index in [1.807, 2.05) is 45.8 Å². The van der Waals surface area contributed by atoms with Gasteiger partial charge >= 0.3 is 6.09 Å². The summed E-state index contributed by atoms with van der Waals surface area (Å²) in [6, 6.07) is 0.200. The highest BCUT2D eigenvalue weighted by Crippen LogP contribution is 2.30. The van der Waals surface area contributed by atoms with E-state index >= 15 is 0 Å². The lowest BCUT2D eigenvalue weighted by Gasteiger charge is -2.36. The van der Waals surface area contributed by atoms with Crippen LogP contribution in [0.3, 0.4) is 0 Å². The minimum atomic E-state index is -0.461. The Balaban J connectivity index is 2.07. The highest BCUT2D eigenvalue weighted by Gasteiger charge is 2.31. The van der Waals surface area contributed by atoms with Crippen LogP contribution >= 0.6 is 0 Å². The molecule has 0 aromatic carbocycles. The highest BCUT2D eigenvalue weighted by atomic mass is 16.6. The normalized spacial score (nSPS) is 21.1. The van der Waals surface area contributed by atoms with Gasteiger partial charge in [-0.25, -0.2) is 4.79 Å². The van der Waals surface area contributed by atoms with Crippen molar-refractivity contribution in [3.63, 3.8) is 0 Å². The molecule has 0 atom stereocenters. The van der Waals surface area contributed by atoms with Gasteiger partial charge in [0, 0.05) is 25.2 Å². The van der Waals surface area contributed by atoms with Crippen LogP contribution in [0.4, 0.5) is 4.79 Å². The van der Waals surface area contributed by atoms with Crippen molar-refractivity contribution in [2.75, 3.05) is 27.2 Å². The summed E-state index contributed by atoms with van der Waals surface area (Å²) < 4.78 is 5.23. The Morgan fingerprint density at radius 3 is 2.48 bits per heavy atom. The van der Waals surface area contributed by atoms with Crippen molar-refractivity contribution in [1.29, 1.82) is 0 Å². The fraction of sp³-hybridized carbons (Fsp3) is 0.765. The first-order valence-corrected chi connectivity index (χ1v) is 8.24. The van der Waals surface area contributed by atoms with Crippen LogP contribution in [0.1, 0.15) is 40.0 Å². The predicted molar refractivity (Wildman–Crippen MR) is 91.2 cm³/mol. The van der Waals surface area contributed by atoms with Gasteiger partial charge in [-0.15, -0.1) is 0 Å². The van der Waals surface area contributed by atoms with Crippen LogP contribution in [0.15, 0.2) is 12.2 Å². The van der Waals surface area contributed by atoms with Crippen molar-refractivity contribution in [3.8, 4) is 0 Å². The molecule has 2 N–H and O–H groups in total. The third-order valence-electron chi connectivity index (χ3n) is 3.55. The third-order valence-corrected chi connectivity index (χ3v) is 3.55. The number of amides is 2. The molecule has 1 fully saturated rings. The van der Waals surface area contributed by atoms with E-state index in [1.54, 1.807) is 6.08 Å². The van der Waals surface area contributed by atoms with Crippen LogP contribution < -0.4 is 10.6 Å². The Bertz CT molecular complexity index is 421. The van der Waals surface area contributed by atoms with Gasteiger partial charge in [0.15, 0.2) is 0 Å². The molecule has 0 aliphatic heterocycles. The maximum Gasteiger partial charge on any atom is 0.407 e. The van der Waals surface area contributed by atoms with E-state index in [0.717, 1.165) is 25.8 Å². The van der Waals surface area contributed by atoms with Crippen LogP contribution in [0.25, 0.3) is 0 Å². The molecular formula is C17H31N3O3. The molecule has 0 aromatic heterocycles. The van der Waals surface area contributed by atoms with Gasteiger partial charge in [0.25, 0.3) is 0 Å². The molecule has 23 heavy (non-hydrogen) atoms. The van der Waals surface area contributed by atoms with Crippen LogP contribution in [0.2, 0.25) is 0 Å². The largest absolute Gasteiger partial charge is 0.444 e. The molecule has 6 heteroatoms. The molecule has 1 aliphatic rings. The molecular weight excluding hydrogens is 294 g/mol. The average Bonchev–Trinajstić information content (AvgIpc) is 2.32. The lowest BCUT2D eigenvalue weighted by atomic mass is 9.78. The second-order valence-corrected chi connectivity index (χ2v) is 7.42. The van der Waals surface area contributed by atoms with Gasteiger partial charge in [-0.3, -0.25) is 4.79 Å². The maximum absolute atomic E-state index is 11.6. The molecule has 2 amide bonds. The molecule has 0 saturated heterocycles. The Labute approximate surface area is 139 Å². The molecule has 1 rings (SSSR count). The number of hydrogen-bond donors (Lipinski definition) is 2. The van der Waals surface area contributed by atoms with E-state index in [4.69, 9.17) is 4.74 Å². The fourth-order valence-electron chi connectivity index (χ4n) is 2.39. The Hall–Kier alpha value is -1.56. The number of nitrogens with one attached hydrogen (secondary N) is 2. The number of carbonyl (C=O) groups excluding carboxylic acids is 2. The van der Waals surface area contributed by atoms with Crippen molar-refractivity contribution in [2.45, 2.75) is 51.7 Å². The Morgan fingerprint density at radius 2 is 1.91 bits per heavy atom. The van der Waals surface area contributed by atoms with Crippen LogP contribution in [-0.2, 0) is 9.53 Å². The van der Waals surface area contributed by atoms with Gasteiger partial charge in [0.2, 0.25) is 5.91 Å². The highest BCUT2D eigenvalue weighted by molar-refractivity contribution is 5.87. The van der Waals surface area contributed by atoms with Gasteiger partial charge in [-0.2, -0.15) is 0 Å². The molecule has 132 valence electrons. The topological polar surface area (TPSA) is 70.7 Å². The first kappa shape index (κ1) is 19.5. The quantitative estimate of drug-likeness (QED) is 0.702. The van der Waals surface area contributed by atoms with Crippen molar-refractivity contribution >= 4 is 12.0 Å². The summed E-state index contributed by atoms with van der Waals surface area (Å²) in [6.45, 7) is 6.99. The summed E-state index contributed by atoms with van der Waals surface area (Å²) in [5.74, 6) is 0.510. The van der Waals surface area contributed by atoms with Crippen molar-refractivity contribution < 1.29 is 14.3 Å². The van der Waals surface area contributed by atoms with Crippen LogP contribution in [0.5, 0.6) is 0 Å². The third kappa shape index (κ3) is 9.23. The lowest BCUT2D eigenvalue weighted by Crippen LogP contribution is -2.46. The number of ether oxygens (including phenoxy) is 1. The maximum atomic E-state index is 11.6. The monoisotopic (exact) mass is 325 g/mol. The second-order valence-electron chi connectivity index (χ2n) is 7.42. The first-order valence-electron chi connectivity index (χ1n) is 8.24. The number of rotatable bonds is 7. The molecule has 1 saturated carbocycles. The van der Waals surface area contributed by atoms with Gasteiger partial charge < -0.3 is 20.3 Å². The molecule has 0 unspecified atom stereocenters. The summed E-state index contributed by atoms with van der Waals surface area (Å²) in [5.41, 5.74) is -0.461. The van der Waals surface area contributed by atoms with Gasteiger partial charge in [-0.1, -0.05) is 6.08 Å². The number of likely N-dealkylation sites (N-methyl/N-ethyl adjacent to an activating group) is 1. The van der Waals surface area contributed by atoms with Gasteiger partial charge in [-0.05, 0) is 60.0 Å². The van der Waals surface area contributed by atoms with E-state index in [0.29, 0.717) is 12.5 Å². The zero-order valence-electron chi connectivity index (χ0n) is 15.0. The van der Waals surface area contributed by atoms with E-state index in [2.05, 4.69) is 10.6 Å². The molecule has 0 spiro atoms. The number of hydrogen-bond acceptors (Lipinski definition) is 4. The lowest BCUT2D eigenvalue weighted by molar-refractivity contribution is -0.116. The minimum absolute atomic E-state index is 0.0467. The SMILES string of the molecule is CN(C)C/C=C/C(=O)NCCC1CC(NC(=O)OC(C)(C)C)C1. The smallest absolute Gasteiger partial charge is 0.407 e.